The molecule has 0 saturated heterocycles. The van der Waals surface area contributed by atoms with E-state index in [1.807, 2.05) is 0 Å². The van der Waals surface area contributed by atoms with Crippen molar-refractivity contribution in [3.8, 4) is 22.3 Å². The number of para-hydroxylation sites is 1. The van der Waals surface area contributed by atoms with Crippen molar-refractivity contribution in [3.63, 3.8) is 0 Å². The van der Waals surface area contributed by atoms with Gasteiger partial charge in [-0.2, -0.15) is 0 Å². The number of benzene rings is 4. The first-order valence-electron chi connectivity index (χ1n) is 14.4. The van der Waals surface area contributed by atoms with Gasteiger partial charge in [-0.05, 0) is 77.6 Å². The minimum Gasteiger partial charge on any atom is -0.340 e. The Labute approximate surface area is 221 Å². The number of nitrogens with zero attached hydrogens (tertiary/aromatic N) is 1. The lowest BCUT2D eigenvalue weighted by Gasteiger charge is -2.34. The molecule has 0 aliphatic heterocycles. The van der Waals surface area contributed by atoms with Gasteiger partial charge < -0.3 is 4.57 Å². The number of aryl methyl sites for hydroxylation is 1. The predicted molar refractivity (Wildman–Crippen MR) is 159 cm³/mol. The first-order chi connectivity index (χ1) is 18.1. The largest absolute Gasteiger partial charge is 0.340 e. The second-order valence-corrected chi connectivity index (χ2v) is 11.2. The van der Waals surface area contributed by atoms with E-state index < -0.39 is 0 Å². The molecular formula is C36H37N. The van der Waals surface area contributed by atoms with E-state index in [0.717, 1.165) is 32.2 Å². The van der Waals surface area contributed by atoms with E-state index in [2.05, 4.69) is 112 Å². The minimum atomic E-state index is 0.0316. The van der Waals surface area contributed by atoms with Crippen LogP contribution in [0.5, 0.6) is 0 Å². The fourth-order valence-corrected chi connectivity index (χ4v) is 8.60. The maximum Gasteiger partial charge on any atom is 0.0577 e. The summed E-state index contributed by atoms with van der Waals surface area (Å²) in [4.78, 5) is 0. The van der Waals surface area contributed by atoms with Crippen molar-refractivity contribution in [3.05, 3.63) is 95.1 Å². The van der Waals surface area contributed by atoms with Gasteiger partial charge in [0.15, 0.2) is 0 Å². The molecule has 186 valence electrons. The van der Waals surface area contributed by atoms with E-state index in [0.29, 0.717) is 0 Å². The SMILES string of the molecule is CCn1c2ccccc2c2c3c(c4c(c21)-c1ccccc1C4(CC)CC)-c1ccccc1C3(CC)CC. The highest BCUT2D eigenvalue weighted by Crippen LogP contribution is 2.65. The van der Waals surface area contributed by atoms with Crippen LogP contribution in [0.1, 0.15) is 82.6 Å². The molecule has 0 spiro atoms. The summed E-state index contributed by atoms with van der Waals surface area (Å²) in [6.45, 7) is 12.9. The minimum absolute atomic E-state index is 0.0316. The molecule has 4 aromatic carbocycles. The highest BCUT2D eigenvalue weighted by atomic mass is 15.0. The van der Waals surface area contributed by atoms with Gasteiger partial charge in [-0.3, -0.25) is 0 Å². The molecule has 0 saturated carbocycles. The van der Waals surface area contributed by atoms with Crippen LogP contribution in [0, 0.1) is 0 Å². The highest BCUT2D eigenvalue weighted by molar-refractivity contribution is 6.20. The normalized spacial score (nSPS) is 16.1. The molecule has 1 aromatic heterocycles. The molecule has 2 aliphatic carbocycles. The summed E-state index contributed by atoms with van der Waals surface area (Å²) in [5.41, 5.74) is 15.2. The highest BCUT2D eigenvalue weighted by Gasteiger charge is 2.51. The lowest BCUT2D eigenvalue weighted by Crippen LogP contribution is -2.26. The molecule has 0 amide bonds. The van der Waals surface area contributed by atoms with Gasteiger partial charge in [0.25, 0.3) is 0 Å². The van der Waals surface area contributed by atoms with Crippen LogP contribution in [-0.4, -0.2) is 4.57 Å². The van der Waals surface area contributed by atoms with Crippen LogP contribution in [0.2, 0.25) is 0 Å². The van der Waals surface area contributed by atoms with Crippen LogP contribution < -0.4 is 0 Å². The second kappa shape index (κ2) is 7.84. The van der Waals surface area contributed by atoms with Crippen molar-refractivity contribution in [1.82, 2.24) is 4.57 Å². The quantitative estimate of drug-likeness (QED) is 0.234. The molecule has 0 radical (unpaired) electrons. The zero-order valence-corrected chi connectivity index (χ0v) is 22.9. The fourth-order valence-electron chi connectivity index (χ4n) is 8.60. The first-order valence-corrected chi connectivity index (χ1v) is 14.4. The number of fused-ring (bicyclic) bond motifs is 12. The van der Waals surface area contributed by atoms with E-state index in [9.17, 15) is 0 Å². The van der Waals surface area contributed by atoms with Gasteiger partial charge in [-0.25, -0.2) is 0 Å². The van der Waals surface area contributed by atoms with Crippen LogP contribution in [0.3, 0.4) is 0 Å². The molecule has 2 aliphatic rings. The third-order valence-electron chi connectivity index (χ3n) is 10.3. The molecule has 7 rings (SSSR count). The van der Waals surface area contributed by atoms with Crippen molar-refractivity contribution in [2.45, 2.75) is 77.7 Å². The van der Waals surface area contributed by atoms with Gasteiger partial charge in [-0.1, -0.05) is 94.4 Å². The summed E-state index contributed by atoms with van der Waals surface area (Å²) in [6, 6.07) is 27.9. The third-order valence-corrected chi connectivity index (χ3v) is 10.3. The number of rotatable bonds is 5. The zero-order valence-electron chi connectivity index (χ0n) is 22.9. The van der Waals surface area contributed by atoms with Crippen LogP contribution in [0.25, 0.3) is 44.1 Å². The van der Waals surface area contributed by atoms with Crippen LogP contribution in [0.15, 0.2) is 72.8 Å². The van der Waals surface area contributed by atoms with Crippen LogP contribution in [-0.2, 0) is 17.4 Å². The van der Waals surface area contributed by atoms with Crippen molar-refractivity contribution in [1.29, 1.82) is 0 Å². The summed E-state index contributed by atoms with van der Waals surface area (Å²) in [5.74, 6) is 0. The zero-order chi connectivity index (χ0) is 25.5. The van der Waals surface area contributed by atoms with E-state index in [1.54, 1.807) is 16.7 Å². The topological polar surface area (TPSA) is 4.93 Å². The van der Waals surface area contributed by atoms with Crippen LogP contribution in [0.4, 0.5) is 0 Å². The van der Waals surface area contributed by atoms with Crippen LogP contribution >= 0.6 is 0 Å². The summed E-state index contributed by atoms with van der Waals surface area (Å²) < 4.78 is 2.63. The molecular weight excluding hydrogens is 446 g/mol. The van der Waals surface area contributed by atoms with E-state index in [-0.39, 0.29) is 10.8 Å². The fraction of sp³-hybridized carbons (Fsp3) is 0.333. The Morgan fingerprint density at radius 2 is 1.08 bits per heavy atom. The van der Waals surface area contributed by atoms with Gasteiger partial charge in [0.2, 0.25) is 0 Å². The Kier molecular flexibility index (Phi) is 4.84. The lowest BCUT2D eigenvalue weighted by atomic mass is 9.69. The Morgan fingerprint density at radius 1 is 0.568 bits per heavy atom. The van der Waals surface area contributed by atoms with Gasteiger partial charge in [0.05, 0.1) is 5.52 Å². The predicted octanol–water partition coefficient (Wildman–Crippen LogP) is 9.99. The average Bonchev–Trinajstić information content (AvgIpc) is 3.55. The first kappa shape index (κ1) is 22.8. The average molecular weight is 484 g/mol. The molecule has 1 heteroatoms. The summed E-state index contributed by atoms with van der Waals surface area (Å²) in [6.07, 6.45) is 4.47. The molecule has 0 atom stereocenters. The van der Waals surface area contributed by atoms with E-state index in [4.69, 9.17) is 0 Å². The van der Waals surface area contributed by atoms with Gasteiger partial charge in [0, 0.05) is 39.2 Å². The molecule has 5 aromatic rings. The Balaban J connectivity index is 1.86. The molecule has 1 heterocycles. The molecule has 0 N–H and O–H groups in total. The van der Waals surface area contributed by atoms with Gasteiger partial charge in [0.1, 0.15) is 0 Å². The number of hydrogen-bond donors (Lipinski definition) is 0. The second-order valence-electron chi connectivity index (χ2n) is 11.2. The summed E-state index contributed by atoms with van der Waals surface area (Å²) >= 11 is 0. The summed E-state index contributed by atoms with van der Waals surface area (Å²) in [5, 5.41) is 2.92. The molecule has 0 unspecified atom stereocenters. The number of aromatic nitrogens is 1. The van der Waals surface area contributed by atoms with Crippen molar-refractivity contribution < 1.29 is 0 Å². The third kappa shape index (κ3) is 2.47. The smallest absolute Gasteiger partial charge is 0.0577 e. The van der Waals surface area contributed by atoms with Crippen molar-refractivity contribution in [2.24, 2.45) is 0 Å². The summed E-state index contributed by atoms with van der Waals surface area (Å²) in [7, 11) is 0. The molecule has 1 nitrogen and oxygen atoms in total. The van der Waals surface area contributed by atoms with Crippen molar-refractivity contribution in [2.75, 3.05) is 0 Å². The van der Waals surface area contributed by atoms with Gasteiger partial charge >= 0.3 is 0 Å². The maximum absolute atomic E-state index is 2.63. The van der Waals surface area contributed by atoms with Crippen molar-refractivity contribution >= 4 is 21.8 Å². The standard InChI is InChI=1S/C36H37N/c1-6-35(7-2)26-20-14-11-17-23(26)29-32-30(24-18-12-15-21-27(24)36(32,8-3)9-4)34-31(33(29)35)25-19-13-16-22-28(25)37(34)10-5/h11-22H,6-10H2,1-5H3. The van der Waals surface area contributed by atoms with E-state index >= 15 is 0 Å². The Morgan fingerprint density at radius 3 is 1.68 bits per heavy atom. The number of hydrogen-bond acceptors (Lipinski definition) is 0. The monoisotopic (exact) mass is 483 g/mol. The molecule has 0 fully saturated rings. The molecule has 37 heavy (non-hydrogen) atoms. The van der Waals surface area contributed by atoms with E-state index in [1.165, 1.54) is 49.6 Å². The lowest BCUT2D eigenvalue weighted by molar-refractivity contribution is 0.484. The Bertz CT molecular complexity index is 1700. The van der Waals surface area contributed by atoms with Gasteiger partial charge in [-0.15, -0.1) is 0 Å². The maximum atomic E-state index is 2.63. The Hall–Kier alpha value is -3.32. The molecule has 0 bridgehead atoms.